The van der Waals surface area contributed by atoms with Gasteiger partial charge in [-0.05, 0) is 61.1 Å². The second kappa shape index (κ2) is 12.1. The van der Waals surface area contributed by atoms with Crippen molar-refractivity contribution in [3.05, 3.63) is 95.8 Å². The molecule has 1 aliphatic carbocycles. The summed E-state index contributed by atoms with van der Waals surface area (Å²) in [4.78, 5) is 0. The molecule has 0 aromatic carbocycles. The maximum Gasteiger partial charge on any atom is 0.0479 e. The molecule has 0 saturated carbocycles. The lowest BCUT2D eigenvalue weighted by atomic mass is 9.98. The van der Waals surface area contributed by atoms with E-state index in [2.05, 4.69) is 74.9 Å². The molecule has 0 radical (unpaired) electrons. The minimum Gasteiger partial charge on any atom is -0.385 e. The lowest BCUT2D eigenvalue weighted by Gasteiger charge is -2.09. The number of nitrogens with one attached hydrogen (secondary N) is 1. The molecule has 1 aliphatic rings. The van der Waals surface area contributed by atoms with Crippen molar-refractivity contribution >= 4 is 0 Å². The van der Waals surface area contributed by atoms with E-state index in [0.717, 1.165) is 31.7 Å². The molecule has 0 spiro atoms. The Morgan fingerprint density at radius 1 is 1.24 bits per heavy atom. The highest BCUT2D eigenvalue weighted by atomic mass is 16.5. The maximum atomic E-state index is 5.08. The van der Waals surface area contributed by atoms with Gasteiger partial charge in [0.25, 0.3) is 0 Å². The van der Waals surface area contributed by atoms with Crippen LogP contribution in [0.15, 0.2) is 95.8 Å². The van der Waals surface area contributed by atoms with Crippen molar-refractivity contribution in [2.45, 2.75) is 26.7 Å². The predicted octanol–water partition coefficient (Wildman–Crippen LogP) is 5.57. The number of allylic oxidation sites excluding steroid dienone is 13. The van der Waals surface area contributed by atoms with Gasteiger partial charge in [0.15, 0.2) is 0 Å². The van der Waals surface area contributed by atoms with Crippen LogP contribution in [0.1, 0.15) is 26.7 Å². The lowest BCUT2D eigenvalue weighted by molar-refractivity contribution is 0.195. The number of ether oxygens (including phenoxy) is 1. The summed E-state index contributed by atoms with van der Waals surface area (Å²) in [7, 11) is 1.72. The van der Waals surface area contributed by atoms with Gasteiger partial charge in [0.05, 0.1) is 0 Å². The average Bonchev–Trinajstić information content (AvgIpc) is 2.62. The van der Waals surface area contributed by atoms with E-state index in [-0.39, 0.29) is 0 Å². The van der Waals surface area contributed by atoms with Crippen LogP contribution in [0, 0.1) is 0 Å². The van der Waals surface area contributed by atoms with Crippen LogP contribution in [0.3, 0.4) is 0 Å². The standard InChI is InChI=1S/C23H31NO/c1-6-11-22-13-9-8-12-21(15-14-19(3)20(22)4)18-23(7-2)24-16-10-17-25-5/h6-7,9,11-15,18,24H,1-2,8,10,16-17H2,3-5H3/b13-9-,15-14+,20-19+,21-12-,22-11-,23-18+. The molecule has 2 heteroatoms. The highest BCUT2D eigenvalue weighted by Gasteiger charge is 2.01. The van der Waals surface area contributed by atoms with Gasteiger partial charge in [0, 0.05) is 26.0 Å². The van der Waals surface area contributed by atoms with Gasteiger partial charge >= 0.3 is 0 Å². The second-order valence-electron chi connectivity index (χ2n) is 5.92. The molecule has 0 aromatic heterocycles. The van der Waals surface area contributed by atoms with E-state index in [9.17, 15) is 0 Å². The normalized spacial score (nSPS) is 25.0. The molecule has 134 valence electrons. The summed E-state index contributed by atoms with van der Waals surface area (Å²) in [5.41, 5.74) is 5.91. The van der Waals surface area contributed by atoms with Gasteiger partial charge in [-0.3, -0.25) is 0 Å². The van der Waals surface area contributed by atoms with Gasteiger partial charge in [0.1, 0.15) is 0 Å². The first kappa shape index (κ1) is 20.7. The Hall–Kier alpha value is -2.32. The summed E-state index contributed by atoms with van der Waals surface area (Å²) >= 11 is 0. The average molecular weight is 338 g/mol. The smallest absolute Gasteiger partial charge is 0.0479 e. The zero-order valence-corrected chi connectivity index (χ0v) is 15.8. The van der Waals surface area contributed by atoms with Crippen LogP contribution >= 0.6 is 0 Å². The van der Waals surface area contributed by atoms with E-state index in [4.69, 9.17) is 4.74 Å². The molecule has 0 aromatic rings. The Morgan fingerprint density at radius 3 is 2.72 bits per heavy atom. The molecule has 0 heterocycles. The fourth-order valence-corrected chi connectivity index (χ4v) is 2.39. The van der Waals surface area contributed by atoms with Crippen LogP contribution in [0.5, 0.6) is 0 Å². The summed E-state index contributed by atoms with van der Waals surface area (Å²) < 4.78 is 5.08. The molecule has 0 bridgehead atoms. The van der Waals surface area contributed by atoms with Crippen molar-refractivity contribution in [3.8, 4) is 0 Å². The molecule has 0 saturated heterocycles. The van der Waals surface area contributed by atoms with Gasteiger partial charge < -0.3 is 10.1 Å². The van der Waals surface area contributed by atoms with Crippen molar-refractivity contribution in [1.82, 2.24) is 5.32 Å². The minimum atomic E-state index is 0.759. The first-order valence-electron chi connectivity index (χ1n) is 8.74. The summed E-state index contributed by atoms with van der Waals surface area (Å²) in [6, 6.07) is 0. The van der Waals surface area contributed by atoms with E-state index in [1.807, 2.05) is 12.2 Å². The van der Waals surface area contributed by atoms with Crippen LogP contribution < -0.4 is 5.32 Å². The van der Waals surface area contributed by atoms with Crippen molar-refractivity contribution in [3.63, 3.8) is 0 Å². The van der Waals surface area contributed by atoms with Crippen molar-refractivity contribution in [2.75, 3.05) is 20.3 Å². The Morgan fingerprint density at radius 2 is 2.04 bits per heavy atom. The monoisotopic (exact) mass is 337 g/mol. The minimum absolute atomic E-state index is 0.759. The summed E-state index contributed by atoms with van der Waals surface area (Å²) in [6.45, 7) is 13.6. The van der Waals surface area contributed by atoms with E-state index in [0.29, 0.717) is 0 Å². The van der Waals surface area contributed by atoms with Crippen LogP contribution in [0.2, 0.25) is 0 Å². The van der Waals surface area contributed by atoms with E-state index in [1.165, 1.54) is 22.3 Å². The molecule has 1 N–H and O–H groups in total. The molecule has 0 atom stereocenters. The second-order valence-corrected chi connectivity index (χ2v) is 5.92. The number of methoxy groups -OCH3 is 1. The topological polar surface area (TPSA) is 21.3 Å². The zero-order chi connectivity index (χ0) is 18.5. The number of rotatable bonds is 8. The molecular weight excluding hydrogens is 306 g/mol. The van der Waals surface area contributed by atoms with E-state index < -0.39 is 0 Å². The molecule has 0 fully saturated rings. The summed E-state index contributed by atoms with van der Waals surface area (Å²) in [6.07, 6.45) is 20.6. The lowest BCUT2D eigenvalue weighted by Crippen LogP contribution is -2.15. The van der Waals surface area contributed by atoms with Crippen molar-refractivity contribution in [1.29, 1.82) is 0 Å². The fraction of sp³-hybridized carbons (Fsp3) is 0.304. The van der Waals surface area contributed by atoms with E-state index >= 15 is 0 Å². The van der Waals surface area contributed by atoms with Crippen molar-refractivity contribution < 1.29 is 4.74 Å². The molecule has 2 nitrogen and oxygen atoms in total. The first-order valence-corrected chi connectivity index (χ1v) is 8.74. The molecule has 0 unspecified atom stereocenters. The number of hydrogen-bond donors (Lipinski definition) is 1. The van der Waals surface area contributed by atoms with Crippen LogP contribution in [-0.2, 0) is 4.74 Å². The quantitative estimate of drug-likeness (QED) is 0.461. The zero-order valence-electron chi connectivity index (χ0n) is 15.8. The highest BCUT2D eigenvalue weighted by Crippen LogP contribution is 2.19. The Kier molecular flexibility index (Phi) is 10.0. The van der Waals surface area contributed by atoms with Gasteiger partial charge in [-0.15, -0.1) is 0 Å². The van der Waals surface area contributed by atoms with Gasteiger partial charge in [-0.25, -0.2) is 0 Å². The van der Waals surface area contributed by atoms with Crippen LogP contribution in [0.4, 0.5) is 0 Å². The van der Waals surface area contributed by atoms with Gasteiger partial charge in [-0.2, -0.15) is 0 Å². The van der Waals surface area contributed by atoms with Gasteiger partial charge in [0.2, 0.25) is 0 Å². The first-order chi connectivity index (χ1) is 12.1. The van der Waals surface area contributed by atoms with E-state index in [1.54, 1.807) is 7.11 Å². The predicted molar refractivity (Wildman–Crippen MR) is 110 cm³/mol. The number of hydrogen-bond acceptors (Lipinski definition) is 2. The fourth-order valence-electron chi connectivity index (χ4n) is 2.39. The Balaban J connectivity index is 2.98. The van der Waals surface area contributed by atoms with Gasteiger partial charge in [-0.1, -0.05) is 55.7 Å². The molecule has 25 heavy (non-hydrogen) atoms. The molecular formula is C23H31NO. The molecule has 1 rings (SSSR count). The third kappa shape index (κ3) is 7.86. The molecule has 0 amide bonds. The van der Waals surface area contributed by atoms with Crippen LogP contribution in [0.25, 0.3) is 0 Å². The SMILES string of the molecule is C=C/C=C1/C=C\C/C=C(\C=C(/C=C)NCCCOC)/C=C/C(C)=C/1C. The largest absolute Gasteiger partial charge is 0.385 e. The summed E-state index contributed by atoms with van der Waals surface area (Å²) in [5.74, 6) is 0. The highest BCUT2D eigenvalue weighted by molar-refractivity contribution is 5.48. The van der Waals surface area contributed by atoms with Crippen molar-refractivity contribution in [2.24, 2.45) is 0 Å². The molecule has 0 aliphatic heterocycles. The third-order valence-corrected chi connectivity index (χ3v) is 4.03. The Bertz CT molecular complexity index is 639. The maximum absolute atomic E-state index is 5.08. The Labute approximate surface area is 153 Å². The third-order valence-electron chi connectivity index (χ3n) is 4.03. The summed E-state index contributed by atoms with van der Waals surface area (Å²) in [5, 5.41) is 3.40. The van der Waals surface area contributed by atoms with Crippen LogP contribution in [-0.4, -0.2) is 20.3 Å².